The highest BCUT2D eigenvalue weighted by Crippen LogP contribution is 2.53. The van der Waals surface area contributed by atoms with Gasteiger partial charge in [-0.2, -0.15) is 5.10 Å². The van der Waals surface area contributed by atoms with Gasteiger partial charge in [-0.3, -0.25) is 28.5 Å². The molecule has 18 atom stereocenters. The van der Waals surface area contributed by atoms with Gasteiger partial charge in [0.1, 0.15) is 17.2 Å². The predicted molar refractivity (Wildman–Crippen MR) is 584 cm³/mol. The van der Waals surface area contributed by atoms with E-state index < -0.39 is 40.6 Å². The number of aryl methyl sites for hydroxylation is 5. The number of sulfonamides is 1. The molecule has 3 N–H and O–H groups in total. The maximum Gasteiger partial charge on any atom is 0.264 e. The number of allylic oxidation sites excluding steroid dienone is 3. The number of ether oxygens (including phenoxy) is 10. The molecule has 6 aromatic carbocycles. The number of halogens is 3. The van der Waals surface area contributed by atoms with Crippen molar-refractivity contribution in [3.05, 3.63) is 228 Å². The summed E-state index contributed by atoms with van der Waals surface area (Å²) >= 11 is 19.4. The molecule has 2 saturated heterocycles. The van der Waals surface area contributed by atoms with Crippen LogP contribution in [-0.4, -0.2) is 201 Å². The summed E-state index contributed by atoms with van der Waals surface area (Å²) in [6.45, 7) is 18.1. The standard InChI is InChI=1S/C39H49ClN4O4S.C39H51ClN2O7S.C38H49ClN2O6S/c1-5-32-10-6-7-11-36(47-23-31-19-26(2)41-43(31)3)33-15-12-29(33)22-44-24-39(18-8-9-27-20-30(40)14-16-34(27)39)25-48-37-17-13-28(21-35(37)44)38(45)42-49(32,4)46;1-2-31-9-3-4-10-35(46-20-21-48-37-11-5-6-19-47-37)32-15-12-29(32)24-42-25-39(18-7-8-27-22-30(40)14-16-33(27)39)26-49-36-17-13-28(23-34(36)42)38(43)41-50(31,44)45;1-3-30-8-4-5-9-34(44-18-16-36-45-19-20-46-36)31-13-10-28(31)23-41-24-38(17-6-7-26-21-29(39)12-14-32(26)38)25-47-35-15-11-27(22-33(35)41)37(42)40-48(30,2)43/h7,11,13-14,16-17,19-21,29,32-33,36H,4-6,8-10,12,15,18,22-25H2,1-3H3,(H,42,45,46);4,10,13-14,16-17,22-23,29,31-32,35,37H,2-3,5-9,11-12,15,18-21,24-26H2,1H3,(H,41,43);5,9,11-12,14-15,21-22,28,30-31,34,36H,2-4,6-8,10,13,16-20,23-25H2,1H3,(H,40,42,43)/b11-7+;10-4+;9-5+/t29-,32+,33+,36-,39-,49?;29-,31+,32+,35-,37-,39-;28-,30+,31+,34-,38-,48?/m000/s1. The van der Waals surface area contributed by atoms with Crippen LogP contribution in [0.5, 0.6) is 17.2 Å². The van der Waals surface area contributed by atoms with Crippen LogP contribution in [0, 0.1) is 42.4 Å². The van der Waals surface area contributed by atoms with E-state index in [1.165, 1.54) is 33.4 Å². The SMILES string of the molecule is C=S1(=O)NC(=O)c2ccc3c(c2)N(C[C@@H]2CC[C@H]2[C@@H](OCCC2OCCO2)/C=C/CC[C@H]1CC)C[C@@]1(CCCc2cc(Cl)ccc21)CO3.C=S1(=O)NC(=O)c2ccc3c(c2)N(C[C@@H]2CC[C@H]2[C@@H](OCc2cc(C)nn2C)/C=C/CC[C@H]1CC)C[C@@]1(CCCc2cc(Cl)ccc21)CO3.CC[C@@H]1CC/C=C/[C@H](OCCO[C@H]2CCCCO2)[C@@H]2CC[C@H]2CN2C[C@@]3(CCCc4cc(Cl)ccc43)COc3ccc(cc32)C(=O)NS1(=O)=O. The summed E-state index contributed by atoms with van der Waals surface area (Å²) in [5.74, 6) is 11.2. The molecule has 0 radical (unpaired) electrons. The Bertz CT molecular complexity index is 6330. The van der Waals surface area contributed by atoms with Gasteiger partial charge >= 0.3 is 0 Å². The first-order valence-corrected chi connectivity index (χ1v) is 60.5. The number of carbonyl (C=O) groups is 3. The molecule has 9 heterocycles. The average molecular weight is 2130 g/mol. The summed E-state index contributed by atoms with van der Waals surface area (Å²) < 4.78 is 128. The van der Waals surface area contributed by atoms with Crippen LogP contribution in [0.2, 0.25) is 15.1 Å². The minimum atomic E-state index is -3.90. The van der Waals surface area contributed by atoms with E-state index in [0.717, 1.165) is 229 Å². The smallest absolute Gasteiger partial charge is 0.264 e. The van der Waals surface area contributed by atoms with Crippen LogP contribution >= 0.6 is 34.8 Å². The van der Waals surface area contributed by atoms with Crippen LogP contribution in [0.15, 0.2) is 152 Å². The Hall–Kier alpha value is -8.46. The molecule has 21 rings (SSSR count). The van der Waals surface area contributed by atoms with Gasteiger partial charge < -0.3 is 62.1 Å². The number of amides is 3. The van der Waals surface area contributed by atoms with Gasteiger partial charge in [0.2, 0.25) is 10.0 Å². The molecular formula is C116H149Cl3N8O17S3. The number of rotatable bonds is 15. The summed E-state index contributed by atoms with van der Waals surface area (Å²) in [5.41, 5.74) is 13.0. The number of carbonyl (C=O) groups excluding carboxylic acids is 3. The second-order valence-corrected chi connectivity index (χ2v) is 51.7. The minimum absolute atomic E-state index is 0.0394. The van der Waals surface area contributed by atoms with Crippen molar-refractivity contribution in [1.82, 2.24) is 23.9 Å². The number of fused-ring (bicyclic) bond motifs is 12. The summed E-state index contributed by atoms with van der Waals surface area (Å²) in [7, 11) is -7.73. The van der Waals surface area contributed by atoms with E-state index in [4.69, 9.17) is 82.2 Å². The predicted octanol–water partition coefficient (Wildman–Crippen LogP) is 20.4. The Morgan fingerprint density at radius 2 is 0.844 bits per heavy atom. The van der Waals surface area contributed by atoms with Gasteiger partial charge in [0.25, 0.3) is 17.7 Å². The van der Waals surface area contributed by atoms with E-state index in [1.54, 1.807) is 18.2 Å². The highest BCUT2D eigenvalue weighted by molar-refractivity contribution is 8.00. The van der Waals surface area contributed by atoms with Gasteiger partial charge in [-0.15, -0.1) is 0 Å². The highest BCUT2D eigenvalue weighted by Gasteiger charge is 2.51. The Labute approximate surface area is 885 Å². The second-order valence-electron chi connectivity index (χ2n) is 43.7. The monoisotopic (exact) mass is 2130 g/mol. The molecule has 1 aromatic heterocycles. The molecule has 31 heteroatoms. The lowest BCUT2D eigenvalue weighted by molar-refractivity contribution is -0.172. The molecule has 8 aliphatic heterocycles. The lowest BCUT2D eigenvalue weighted by atomic mass is 9.68. The summed E-state index contributed by atoms with van der Waals surface area (Å²) in [6.07, 6.45) is 37.4. The first-order chi connectivity index (χ1) is 71.0. The van der Waals surface area contributed by atoms with Gasteiger partial charge in [-0.05, 0) is 358 Å². The van der Waals surface area contributed by atoms with Gasteiger partial charge in [0.15, 0.2) is 12.6 Å². The van der Waals surface area contributed by atoms with E-state index in [2.05, 4.69) is 125 Å². The largest absolute Gasteiger partial charge is 0.490 e. The first-order valence-electron chi connectivity index (χ1n) is 54.2. The number of nitrogens with zero attached hydrogens (tertiary/aromatic N) is 5. The van der Waals surface area contributed by atoms with Crippen molar-refractivity contribution in [2.45, 2.75) is 277 Å². The third-order valence-electron chi connectivity index (χ3n) is 34.3. The Balaban J connectivity index is 0.000000139. The average Bonchev–Trinajstić information content (AvgIpc) is 1.67. The number of hydrogen-bond donors (Lipinski definition) is 3. The summed E-state index contributed by atoms with van der Waals surface area (Å²) in [5, 5.41) is 5.62. The topological polar surface area (TPSA) is 275 Å². The highest BCUT2D eigenvalue weighted by atomic mass is 35.5. The molecule has 3 saturated carbocycles. The quantitative estimate of drug-likeness (QED) is 0.0489. The van der Waals surface area contributed by atoms with E-state index in [1.807, 2.05) is 94.0 Å². The summed E-state index contributed by atoms with van der Waals surface area (Å²) in [6, 6.07) is 37.6. The second kappa shape index (κ2) is 47.0. The van der Waals surface area contributed by atoms with Gasteiger partial charge in [0, 0.05) is 118 Å². The summed E-state index contributed by atoms with van der Waals surface area (Å²) in [4.78, 5) is 48.2. The first kappa shape index (κ1) is 107. The van der Waals surface area contributed by atoms with Crippen LogP contribution in [0.25, 0.3) is 0 Å². The molecule has 14 aliphatic rings. The molecule has 3 amide bonds. The fourth-order valence-corrected chi connectivity index (χ4v) is 31.0. The molecule has 3 spiro atoms. The van der Waals surface area contributed by atoms with Crippen molar-refractivity contribution in [2.75, 3.05) is 113 Å². The van der Waals surface area contributed by atoms with Crippen molar-refractivity contribution >= 4 is 111 Å². The van der Waals surface area contributed by atoms with Crippen molar-refractivity contribution < 1.29 is 78.6 Å². The van der Waals surface area contributed by atoms with Crippen LogP contribution < -0.4 is 43.1 Å². The van der Waals surface area contributed by atoms with Crippen LogP contribution in [0.4, 0.5) is 17.1 Å². The van der Waals surface area contributed by atoms with Gasteiger partial charge in [0.05, 0.1) is 131 Å². The molecule has 2 unspecified atom stereocenters. The van der Waals surface area contributed by atoms with Gasteiger partial charge in [-0.25, -0.2) is 21.6 Å². The zero-order chi connectivity index (χ0) is 102. The molecule has 7 aromatic rings. The van der Waals surface area contributed by atoms with Crippen molar-refractivity contribution in [2.24, 2.45) is 42.6 Å². The number of nitrogens with one attached hydrogen (secondary N) is 3. The number of anilines is 3. The molecule has 25 nitrogen and oxygen atoms in total. The third kappa shape index (κ3) is 24.4. The lowest BCUT2D eigenvalue weighted by Crippen LogP contribution is -2.49. The Morgan fingerprint density at radius 1 is 0.442 bits per heavy atom. The van der Waals surface area contributed by atoms with E-state index in [0.29, 0.717) is 169 Å². The fourth-order valence-electron chi connectivity index (χ4n) is 25.7. The molecular weight excluding hydrogens is 1980 g/mol. The Kier molecular flexibility index (Phi) is 34.2. The van der Waals surface area contributed by atoms with Crippen molar-refractivity contribution in [3.63, 3.8) is 0 Å². The van der Waals surface area contributed by atoms with Crippen molar-refractivity contribution in [3.8, 4) is 17.2 Å². The van der Waals surface area contributed by atoms with Crippen LogP contribution in [0.3, 0.4) is 0 Å². The normalized spacial score (nSPS) is 31.8. The zero-order valence-electron chi connectivity index (χ0n) is 86.1. The number of hydrogen-bond acceptors (Lipinski definition) is 21. The number of benzene rings is 6. The lowest BCUT2D eigenvalue weighted by Gasteiger charge is -2.46. The van der Waals surface area contributed by atoms with E-state index >= 15 is 0 Å². The van der Waals surface area contributed by atoms with Crippen LogP contribution in [0.1, 0.15) is 257 Å². The molecule has 5 fully saturated rings. The molecule has 147 heavy (non-hydrogen) atoms. The molecule has 6 bridgehead atoms. The van der Waals surface area contributed by atoms with E-state index in [9.17, 15) is 31.2 Å². The van der Waals surface area contributed by atoms with E-state index in [-0.39, 0.29) is 69.5 Å². The van der Waals surface area contributed by atoms with Crippen molar-refractivity contribution in [1.29, 1.82) is 0 Å². The molecule has 6 aliphatic carbocycles. The minimum Gasteiger partial charge on any atom is -0.490 e. The maximum atomic E-state index is 13.9. The number of aromatic nitrogens is 2. The third-order valence-corrected chi connectivity index (χ3v) is 41.2. The molecule has 794 valence electrons. The maximum absolute atomic E-state index is 13.9. The zero-order valence-corrected chi connectivity index (χ0v) is 90.8. The van der Waals surface area contributed by atoms with Crippen LogP contribution in [-0.2, 0) is 112 Å². The fraction of sp³-hybridized carbons (Fsp3) is 0.569. The van der Waals surface area contributed by atoms with Gasteiger partial charge in [-0.1, -0.05) is 110 Å². The Morgan fingerprint density at radius 3 is 1.23 bits per heavy atom.